The smallest absolute Gasteiger partial charge is 0.327 e. The number of ether oxygens (including phenoxy) is 1. The second kappa shape index (κ2) is 6.24. The van der Waals surface area contributed by atoms with Gasteiger partial charge in [-0.05, 0) is 25.5 Å². The predicted octanol–water partition coefficient (Wildman–Crippen LogP) is 1.86. The Hall–Kier alpha value is -2.02. The van der Waals surface area contributed by atoms with Crippen molar-refractivity contribution in [3.63, 3.8) is 0 Å². The summed E-state index contributed by atoms with van der Waals surface area (Å²) in [6.07, 6.45) is 0.261. The summed E-state index contributed by atoms with van der Waals surface area (Å²) in [6, 6.07) is 0.597. The Morgan fingerprint density at radius 3 is 2.63 bits per heavy atom. The molecular formula is C12H15FN2O4. The molecule has 1 rings (SSSR count). The number of nitro benzene ring substituents is 1. The van der Waals surface area contributed by atoms with Gasteiger partial charge in [-0.1, -0.05) is 6.92 Å². The lowest BCUT2D eigenvalue weighted by Crippen LogP contribution is -2.25. The van der Waals surface area contributed by atoms with Crippen LogP contribution < -0.4 is 5.73 Å². The maximum absolute atomic E-state index is 13.4. The number of carbonyl (C=O) groups excluding carboxylic acids is 1. The van der Waals surface area contributed by atoms with Gasteiger partial charge in [-0.2, -0.15) is 0 Å². The van der Waals surface area contributed by atoms with Crippen molar-refractivity contribution < 1.29 is 18.8 Å². The fourth-order valence-electron chi connectivity index (χ4n) is 1.77. The van der Waals surface area contributed by atoms with Crippen LogP contribution in [-0.2, 0) is 16.0 Å². The van der Waals surface area contributed by atoms with E-state index in [2.05, 4.69) is 0 Å². The highest BCUT2D eigenvalue weighted by molar-refractivity contribution is 5.79. The molecule has 0 amide bonds. The number of hydrogen-bond acceptors (Lipinski definition) is 5. The fourth-order valence-corrected chi connectivity index (χ4v) is 1.77. The number of nitro groups is 1. The number of nitrogens with zero attached hydrogens (tertiary/aromatic N) is 1. The zero-order chi connectivity index (χ0) is 14.6. The molecule has 0 bridgehead atoms. The molecule has 0 aliphatic carbocycles. The first-order valence-electron chi connectivity index (χ1n) is 5.81. The molecule has 0 aromatic heterocycles. The van der Waals surface area contributed by atoms with Crippen LogP contribution in [0.3, 0.4) is 0 Å². The summed E-state index contributed by atoms with van der Waals surface area (Å²) in [6.45, 7) is 3.33. The van der Waals surface area contributed by atoms with Crippen LogP contribution in [0.15, 0.2) is 12.1 Å². The molecule has 1 unspecified atom stereocenters. The SMILES string of the molecule is CCOC(=O)C(N)c1cc(F)cc(CC)c1[N+](=O)[O-]. The average Bonchev–Trinajstić information content (AvgIpc) is 2.36. The minimum Gasteiger partial charge on any atom is -0.465 e. The van der Waals surface area contributed by atoms with Gasteiger partial charge in [0.15, 0.2) is 0 Å². The highest BCUT2D eigenvalue weighted by atomic mass is 19.1. The summed E-state index contributed by atoms with van der Waals surface area (Å²) in [5, 5.41) is 11.1. The van der Waals surface area contributed by atoms with Gasteiger partial charge >= 0.3 is 5.97 Å². The Kier molecular flexibility index (Phi) is 4.94. The molecule has 1 atom stereocenters. The molecule has 2 N–H and O–H groups in total. The lowest BCUT2D eigenvalue weighted by Gasteiger charge is -2.13. The van der Waals surface area contributed by atoms with Gasteiger partial charge in [0.1, 0.15) is 11.9 Å². The van der Waals surface area contributed by atoms with E-state index in [0.29, 0.717) is 0 Å². The van der Waals surface area contributed by atoms with Crippen molar-refractivity contribution in [2.75, 3.05) is 6.61 Å². The first-order chi connectivity index (χ1) is 8.92. The number of rotatable bonds is 5. The van der Waals surface area contributed by atoms with Gasteiger partial charge in [-0.25, -0.2) is 9.18 Å². The molecule has 6 nitrogen and oxygen atoms in total. The van der Waals surface area contributed by atoms with E-state index in [1.807, 2.05) is 0 Å². The second-order valence-corrected chi connectivity index (χ2v) is 3.84. The molecule has 0 spiro atoms. The summed E-state index contributed by atoms with van der Waals surface area (Å²) >= 11 is 0. The number of halogens is 1. The van der Waals surface area contributed by atoms with E-state index >= 15 is 0 Å². The second-order valence-electron chi connectivity index (χ2n) is 3.84. The molecular weight excluding hydrogens is 255 g/mol. The molecule has 1 aromatic rings. The average molecular weight is 270 g/mol. The highest BCUT2D eigenvalue weighted by Crippen LogP contribution is 2.30. The highest BCUT2D eigenvalue weighted by Gasteiger charge is 2.29. The topological polar surface area (TPSA) is 95.5 Å². The van der Waals surface area contributed by atoms with Gasteiger partial charge in [0.25, 0.3) is 5.69 Å². The maximum Gasteiger partial charge on any atom is 0.327 e. The Morgan fingerprint density at radius 1 is 1.53 bits per heavy atom. The van der Waals surface area contributed by atoms with E-state index in [4.69, 9.17) is 10.5 Å². The van der Waals surface area contributed by atoms with Crippen LogP contribution in [0.4, 0.5) is 10.1 Å². The molecule has 0 fully saturated rings. The number of carbonyl (C=O) groups is 1. The molecule has 104 valence electrons. The zero-order valence-corrected chi connectivity index (χ0v) is 10.7. The first-order valence-corrected chi connectivity index (χ1v) is 5.81. The number of aryl methyl sites for hydroxylation is 1. The molecule has 0 heterocycles. The van der Waals surface area contributed by atoms with E-state index in [9.17, 15) is 19.3 Å². The summed E-state index contributed by atoms with van der Waals surface area (Å²) in [5.41, 5.74) is 5.31. The van der Waals surface area contributed by atoms with Gasteiger partial charge in [-0.3, -0.25) is 10.1 Å². The molecule has 0 radical (unpaired) electrons. The molecule has 1 aromatic carbocycles. The Morgan fingerprint density at radius 2 is 2.16 bits per heavy atom. The van der Waals surface area contributed by atoms with Crippen molar-refractivity contribution in [2.24, 2.45) is 5.73 Å². The first kappa shape index (κ1) is 15.0. The van der Waals surface area contributed by atoms with Crippen LogP contribution in [0.25, 0.3) is 0 Å². The van der Waals surface area contributed by atoms with Gasteiger partial charge in [-0.15, -0.1) is 0 Å². The minimum absolute atomic E-state index is 0.0935. The molecule has 19 heavy (non-hydrogen) atoms. The van der Waals surface area contributed by atoms with Crippen molar-refractivity contribution in [2.45, 2.75) is 26.3 Å². The lowest BCUT2D eigenvalue weighted by atomic mass is 9.99. The molecule has 0 aliphatic heterocycles. The van der Waals surface area contributed by atoms with E-state index in [0.717, 1.165) is 12.1 Å². The minimum atomic E-state index is -1.37. The fraction of sp³-hybridized carbons (Fsp3) is 0.417. The van der Waals surface area contributed by atoms with Crippen molar-refractivity contribution in [1.82, 2.24) is 0 Å². The van der Waals surface area contributed by atoms with Crippen LogP contribution >= 0.6 is 0 Å². The number of nitrogens with two attached hydrogens (primary N) is 1. The van der Waals surface area contributed by atoms with Crippen molar-refractivity contribution in [3.8, 4) is 0 Å². The van der Waals surface area contributed by atoms with Crippen molar-refractivity contribution in [1.29, 1.82) is 0 Å². The number of benzene rings is 1. The number of esters is 1. The van der Waals surface area contributed by atoms with Crippen LogP contribution in [-0.4, -0.2) is 17.5 Å². The van der Waals surface area contributed by atoms with Crippen molar-refractivity contribution >= 4 is 11.7 Å². The van der Waals surface area contributed by atoms with Crippen molar-refractivity contribution in [3.05, 3.63) is 39.2 Å². The van der Waals surface area contributed by atoms with E-state index in [1.165, 1.54) is 0 Å². The van der Waals surface area contributed by atoms with Crippen LogP contribution in [0.2, 0.25) is 0 Å². The monoisotopic (exact) mass is 270 g/mol. The quantitative estimate of drug-likeness (QED) is 0.500. The Balaban J connectivity index is 3.36. The normalized spacial score (nSPS) is 12.0. The predicted molar refractivity (Wildman–Crippen MR) is 66.0 cm³/mol. The van der Waals surface area contributed by atoms with Crippen LogP contribution in [0.5, 0.6) is 0 Å². The molecule has 0 saturated carbocycles. The largest absolute Gasteiger partial charge is 0.465 e. The van der Waals surface area contributed by atoms with Crippen LogP contribution in [0, 0.1) is 15.9 Å². The standard InChI is InChI=1S/C12H15FN2O4/c1-3-7-5-8(13)6-9(11(7)15(17)18)10(14)12(16)19-4-2/h5-6,10H,3-4,14H2,1-2H3. The maximum atomic E-state index is 13.4. The summed E-state index contributed by atoms with van der Waals surface area (Å²) < 4.78 is 18.1. The van der Waals surface area contributed by atoms with E-state index in [1.54, 1.807) is 13.8 Å². The molecule has 7 heteroatoms. The van der Waals surface area contributed by atoms with Gasteiger partial charge < -0.3 is 10.5 Å². The van der Waals surface area contributed by atoms with Gasteiger partial charge in [0, 0.05) is 5.56 Å². The zero-order valence-electron chi connectivity index (χ0n) is 10.7. The molecule has 0 saturated heterocycles. The summed E-state index contributed by atoms with van der Waals surface area (Å²) in [4.78, 5) is 22.0. The Bertz CT molecular complexity index is 505. The lowest BCUT2D eigenvalue weighted by molar-refractivity contribution is -0.386. The van der Waals surface area contributed by atoms with Gasteiger partial charge in [0.2, 0.25) is 0 Å². The third-order valence-corrected chi connectivity index (χ3v) is 2.62. The third kappa shape index (κ3) is 3.25. The van der Waals surface area contributed by atoms with E-state index in [-0.39, 0.29) is 29.8 Å². The summed E-state index contributed by atoms with van der Waals surface area (Å²) in [7, 11) is 0. The van der Waals surface area contributed by atoms with Crippen LogP contribution in [0.1, 0.15) is 31.0 Å². The molecule has 0 aliphatic rings. The van der Waals surface area contributed by atoms with Gasteiger partial charge in [0.05, 0.1) is 17.1 Å². The third-order valence-electron chi connectivity index (χ3n) is 2.62. The Labute approximate surface area is 109 Å². The van der Waals surface area contributed by atoms with E-state index < -0.39 is 22.8 Å². The summed E-state index contributed by atoms with van der Waals surface area (Å²) in [5.74, 6) is -1.49. The number of hydrogen-bond donors (Lipinski definition) is 1.